The number of carbonyl (C=O) groups is 2. The Morgan fingerprint density at radius 1 is 0.806 bits per heavy atom. The molecule has 0 unspecified atom stereocenters. The van der Waals surface area contributed by atoms with E-state index in [1.807, 2.05) is 48.5 Å². The lowest BCUT2D eigenvalue weighted by atomic mass is 9.87. The van der Waals surface area contributed by atoms with E-state index >= 15 is 0 Å². The molecule has 0 heterocycles. The summed E-state index contributed by atoms with van der Waals surface area (Å²) in [5.41, 5.74) is 3.20. The van der Waals surface area contributed by atoms with Crippen LogP contribution in [-0.4, -0.2) is 18.4 Å². The third-order valence-electron chi connectivity index (χ3n) is 4.62. The number of nitrogens with one attached hydrogen (secondary N) is 2. The lowest BCUT2D eigenvalue weighted by Crippen LogP contribution is -2.20. The zero-order valence-corrected chi connectivity index (χ0v) is 19.9. The standard InChI is InChI=1S/C25H25IN2O3/c1-25(2,3)18-6-4-17(5-7-18)24(30)28-21-12-14-22(15-13-21)31-16-23(29)27-20-10-8-19(26)9-11-20/h4-15H,16H2,1-3H3,(H,27,29)(H,28,30). The van der Waals surface area contributed by atoms with Gasteiger partial charge in [0.25, 0.3) is 11.8 Å². The minimum Gasteiger partial charge on any atom is -0.484 e. The first-order valence-electron chi connectivity index (χ1n) is 9.91. The quantitative estimate of drug-likeness (QED) is 0.394. The van der Waals surface area contributed by atoms with Crippen LogP contribution in [0.25, 0.3) is 0 Å². The summed E-state index contributed by atoms with van der Waals surface area (Å²) in [6, 6.07) is 22.1. The number of anilines is 2. The lowest BCUT2D eigenvalue weighted by Gasteiger charge is -2.19. The van der Waals surface area contributed by atoms with Crippen LogP contribution in [0.4, 0.5) is 11.4 Å². The van der Waals surface area contributed by atoms with Crippen molar-refractivity contribution in [3.8, 4) is 5.75 Å². The molecule has 3 aromatic rings. The third kappa shape index (κ3) is 6.82. The Morgan fingerprint density at radius 2 is 1.35 bits per heavy atom. The molecule has 0 atom stereocenters. The third-order valence-corrected chi connectivity index (χ3v) is 5.34. The van der Waals surface area contributed by atoms with E-state index in [2.05, 4.69) is 54.0 Å². The van der Waals surface area contributed by atoms with Crippen LogP contribution in [0, 0.1) is 3.57 Å². The number of hydrogen-bond acceptors (Lipinski definition) is 3. The van der Waals surface area contributed by atoms with Crippen molar-refractivity contribution in [2.45, 2.75) is 26.2 Å². The highest BCUT2D eigenvalue weighted by Gasteiger charge is 2.14. The Balaban J connectivity index is 1.51. The summed E-state index contributed by atoms with van der Waals surface area (Å²) in [6.07, 6.45) is 0. The topological polar surface area (TPSA) is 67.4 Å². The molecule has 31 heavy (non-hydrogen) atoms. The van der Waals surface area contributed by atoms with Crippen LogP contribution in [0.15, 0.2) is 72.8 Å². The van der Waals surface area contributed by atoms with Crippen molar-refractivity contribution in [3.05, 3.63) is 87.5 Å². The van der Waals surface area contributed by atoms with Gasteiger partial charge in [0.2, 0.25) is 0 Å². The Bertz CT molecular complexity index is 1040. The number of benzene rings is 3. The average molecular weight is 528 g/mol. The molecule has 0 spiro atoms. The Morgan fingerprint density at radius 3 is 1.94 bits per heavy atom. The van der Waals surface area contributed by atoms with Crippen LogP contribution in [0.1, 0.15) is 36.7 Å². The molecule has 2 amide bonds. The summed E-state index contributed by atoms with van der Waals surface area (Å²) in [5, 5.41) is 5.66. The molecule has 3 aromatic carbocycles. The minimum atomic E-state index is -0.239. The van der Waals surface area contributed by atoms with E-state index < -0.39 is 0 Å². The number of hydrogen-bond donors (Lipinski definition) is 2. The van der Waals surface area contributed by atoms with Crippen molar-refractivity contribution in [3.63, 3.8) is 0 Å². The number of carbonyl (C=O) groups excluding carboxylic acids is 2. The molecule has 3 rings (SSSR count). The molecule has 0 fully saturated rings. The fraction of sp³-hybridized carbons (Fsp3) is 0.200. The van der Waals surface area contributed by atoms with Gasteiger partial charge in [0.15, 0.2) is 6.61 Å². The van der Waals surface area contributed by atoms with Gasteiger partial charge >= 0.3 is 0 Å². The van der Waals surface area contributed by atoms with E-state index in [4.69, 9.17) is 4.74 Å². The van der Waals surface area contributed by atoms with Crippen LogP contribution in [0.5, 0.6) is 5.75 Å². The van der Waals surface area contributed by atoms with Crippen molar-refractivity contribution in [1.82, 2.24) is 0 Å². The van der Waals surface area contributed by atoms with Crippen LogP contribution < -0.4 is 15.4 Å². The normalized spacial score (nSPS) is 11.0. The molecule has 0 aliphatic heterocycles. The molecular formula is C25H25IN2O3. The van der Waals surface area contributed by atoms with E-state index in [1.165, 1.54) is 5.56 Å². The minimum absolute atomic E-state index is 0.0432. The van der Waals surface area contributed by atoms with Crippen molar-refractivity contribution in [1.29, 1.82) is 0 Å². The second-order valence-electron chi connectivity index (χ2n) is 8.15. The lowest BCUT2D eigenvalue weighted by molar-refractivity contribution is -0.118. The van der Waals surface area contributed by atoms with Gasteiger partial charge in [0, 0.05) is 20.5 Å². The fourth-order valence-electron chi connectivity index (χ4n) is 2.84. The maximum atomic E-state index is 12.5. The van der Waals surface area contributed by atoms with Gasteiger partial charge in [-0.2, -0.15) is 0 Å². The molecule has 0 aliphatic rings. The summed E-state index contributed by atoms with van der Waals surface area (Å²) in [7, 11) is 0. The van der Waals surface area contributed by atoms with Crippen LogP contribution >= 0.6 is 22.6 Å². The zero-order chi connectivity index (χ0) is 22.4. The molecular weight excluding hydrogens is 503 g/mol. The summed E-state index contributed by atoms with van der Waals surface area (Å²) in [4.78, 5) is 24.5. The first-order chi connectivity index (χ1) is 14.7. The number of halogens is 1. The number of amides is 2. The molecule has 2 N–H and O–H groups in total. The van der Waals surface area contributed by atoms with Gasteiger partial charge in [-0.1, -0.05) is 32.9 Å². The van der Waals surface area contributed by atoms with Gasteiger partial charge in [-0.25, -0.2) is 0 Å². The van der Waals surface area contributed by atoms with Crippen LogP contribution in [-0.2, 0) is 10.2 Å². The summed E-state index contributed by atoms with van der Waals surface area (Å²) < 4.78 is 6.63. The first kappa shape index (κ1) is 22.8. The molecule has 0 aromatic heterocycles. The summed E-state index contributed by atoms with van der Waals surface area (Å²) in [5.74, 6) is 0.133. The largest absolute Gasteiger partial charge is 0.484 e. The first-order valence-corrected chi connectivity index (χ1v) is 11.0. The predicted octanol–water partition coefficient (Wildman–Crippen LogP) is 5.86. The zero-order valence-electron chi connectivity index (χ0n) is 17.7. The molecule has 6 heteroatoms. The number of rotatable bonds is 6. The smallest absolute Gasteiger partial charge is 0.262 e. The maximum Gasteiger partial charge on any atom is 0.262 e. The maximum absolute atomic E-state index is 12.5. The highest BCUT2D eigenvalue weighted by Crippen LogP contribution is 2.23. The van der Waals surface area contributed by atoms with Crippen molar-refractivity contribution < 1.29 is 14.3 Å². The molecule has 0 saturated heterocycles. The van der Waals surface area contributed by atoms with Crippen LogP contribution in [0.2, 0.25) is 0 Å². The Labute approximate surface area is 196 Å². The van der Waals surface area contributed by atoms with E-state index in [1.54, 1.807) is 24.3 Å². The second kappa shape index (κ2) is 9.96. The highest BCUT2D eigenvalue weighted by atomic mass is 127. The van der Waals surface area contributed by atoms with E-state index in [-0.39, 0.29) is 23.8 Å². The van der Waals surface area contributed by atoms with Gasteiger partial charge in [0.1, 0.15) is 5.75 Å². The fourth-order valence-corrected chi connectivity index (χ4v) is 3.20. The van der Waals surface area contributed by atoms with E-state index in [0.29, 0.717) is 17.0 Å². The van der Waals surface area contributed by atoms with Gasteiger partial charge in [-0.3, -0.25) is 9.59 Å². The van der Waals surface area contributed by atoms with Gasteiger partial charge in [-0.15, -0.1) is 0 Å². The summed E-state index contributed by atoms with van der Waals surface area (Å²) in [6.45, 7) is 6.31. The highest BCUT2D eigenvalue weighted by molar-refractivity contribution is 14.1. The van der Waals surface area contributed by atoms with Gasteiger partial charge in [-0.05, 0) is 94.2 Å². The molecule has 0 saturated carbocycles. The van der Waals surface area contributed by atoms with Crippen molar-refractivity contribution in [2.75, 3.05) is 17.2 Å². The van der Waals surface area contributed by atoms with E-state index in [9.17, 15) is 9.59 Å². The van der Waals surface area contributed by atoms with Crippen molar-refractivity contribution >= 4 is 45.8 Å². The molecule has 160 valence electrons. The van der Waals surface area contributed by atoms with Gasteiger partial charge in [0.05, 0.1) is 0 Å². The van der Waals surface area contributed by atoms with E-state index in [0.717, 1.165) is 9.26 Å². The SMILES string of the molecule is CC(C)(C)c1ccc(C(=O)Nc2ccc(OCC(=O)Nc3ccc(I)cc3)cc2)cc1. The molecule has 0 bridgehead atoms. The Hall–Kier alpha value is -2.87. The predicted molar refractivity (Wildman–Crippen MR) is 133 cm³/mol. The average Bonchev–Trinajstić information content (AvgIpc) is 2.74. The summed E-state index contributed by atoms with van der Waals surface area (Å²) >= 11 is 2.21. The monoisotopic (exact) mass is 528 g/mol. The second-order valence-corrected chi connectivity index (χ2v) is 9.40. The molecule has 5 nitrogen and oxygen atoms in total. The number of ether oxygens (including phenoxy) is 1. The van der Waals surface area contributed by atoms with Gasteiger partial charge < -0.3 is 15.4 Å². The van der Waals surface area contributed by atoms with Crippen molar-refractivity contribution in [2.24, 2.45) is 0 Å². The Kier molecular flexibility index (Phi) is 7.33. The molecule has 0 radical (unpaired) electrons. The molecule has 0 aliphatic carbocycles. The van der Waals surface area contributed by atoms with Crippen LogP contribution in [0.3, 0.4) is 0 Å².